The van der Waals surface area contributed by atoms with Gasteiger partial charge in [-0.2, -0.15) is 0 Å². The molecule has 0 radical (unpaired) electrons. The third-order valence-corrected chi connectivity index (χ3v) is 4.76. The fourth-order valence-electron chi connectivity index (χ4n) is 3.37. The number of halogens is 1. The molecule has 2 amide bonds. The zero-order chi connectivity index (χ0) is 19.5. The van der Waals surface area contributed by atoms with E-state index in [1.807, 2.05) is 45.9 Å². The molecule has 1 unspecified atom stereocenters. The molecule has 1 aliphatic heterocycles. The van der Waals surface area contributed by atoms with E-state index in [4.69, 9.17) is 16.3 Å². The summed E-state index contributed by atoms with van der Waals surface area (Å²) in [6.07, 6.45) is 1.47. The third kappa shape index (κ3) is 5.63. The van der Waals surface area contributed by atoms with E-state index in [2.05, 4.69) is 5.32 Å². The van der Waals surface area contributed by atoms with Crippen molar-refractivity contribution in [2.24, 2.45) is 0 Å². The summed E-state index contributed by atoms with van der Waals surface area (Å²) in [7, 11) is 0. The second-order valence-electron chi connectivity index (χ2n) is 7.94. The monoisotopic (exact) mass is 380 g/mol. The van der Waals surface area contributed by atoms with Crippen molar-refractivity contribution in [2.75, 3.05) is 13.1 Å². The number of piperidine rings is 1. The maximum Gasteiger partial charge on any atom is 0.410 e. The van der Waals surface area contributed by atoms with Crippen LogP contribution in [-0.4, -0.2) is 35.6 Å². The van der Waals surface area contributed by atoms with Gasteiger partial charge in [-0.25, -0.2) is 4.79 Å². The summed E-state index contributed by atoms with van der Waals surface area (Å²) in [5.74, 6) is 0.264. The van der Waals surface area contributed by atoms with Crippen LogP contribution in [0, 0.1) is 0 Å². The van der Waals surface area contributed by atoms with Gasteiger partial charge < -0.3 is 15.0 Å². The molecule has 1 heterocycles. The van der Waals surface area contributed by atoms with E-state index in [9.17, 15) is 9.59 Å². The average Bonchev–Trinajstić information content (AvgIpc) is 2.52. The number of carbonyl (C=O) groups is 2. The smallest absolute Gasteiger partial charge is 0.410 e. The Balaban J connectivity index is 2.09. The molecule has 0 bridgehead atoms. The minimum Gasteiger partial charge on any atom is -0.444 e. The van der Waals surface area contributed by atoms with Crippen LogP contribution < -0.4 is 5.32 Å². The number of hydrogen-bond acceptors (Lipinski definition) is 3. The predicted octanol–water partition coefficient (Wildman–Crippen LogP) is 4.65. The summed E-state index contributed by atoms with van der Waals surface area (Å²) >= 11 is 6.18. The molecule has 1 N–H and O–H groups in total. The fourth-order valence-corrected chi connectivity index (χ4v) is 3.56. The molecule has 1 saturated heterocycles. The molecule has 26 heavy (non-hydrogen) atoms. The average molecular weight is 381 g/mol. The lowest BCUT2D eigenvalue weighted by Gasteiger charge is -2.34. The summed E-state index contributed by atoms with van der Waals surface area (Å²) in [6, 6.07) is 5.76. The van der Waals surface area contributed by atoms with Crippen molar-refractivity contribution in [1.29, 1.82) is 0 Å². The highest BCUT2D eigenvalue weighted by Gasteiger charge is 2.29. The Hall–Kier alpha value is -1.75. The lowest BCUT2D eigenvalue weighted by Crippen LogP contribution is -2.41. The van der Waals surface area contributed by atoms with Gasteiger partial charge in [0, 0.05) is 25.0 Å². The first kappa shape index (κ1) is 20.6. The zero-order valence-corrected chi connectivity index (χ0v) is 17.0. The highest BCUT2D eigenvalue weighted by atomic mass is 35.5. The summed E-state index contributed by atoms with van der Waals surface area (Å²) in [5, 5.41) is 3.60. The van der Waals surface area contributed by atoms with E-state index in [0.717, 1.165) is 18.4 Å². The van der Waals surface area contributed by atoms with Gasteiger partial charge in [0.1, 0.15) is 5.60 Å². The first-order valence-electron chi connectivity index (χ1n) is 9.11. The topological polar surface area (TPSA) is 58.6 Å². The maximum absolute atomic E-state index is 12.2. The van der Waals surface area contributed by atoms with Crippen LogP contribution >= 0.6 is 11.6 Å². The van der Waals surface area contributed by atoms with E-state index in [1.165, 1.54) is 12.5 Å². The molecular weight excluding hydrogens is 352 g/mol. The summed E-state index contributed by atoms with van der Waals surface area (Å²) in [4.78, 5) is 25.4. The van der Waals surface area contributed by atoms with E-state index in [1.54, 1.807) is 4.90 Å². The van der Waals surface area contributed by atoms with Crippen LogP contribution in [0.1, 0.15) is 70.5 Å². The maximum atomic E-state index is 12.2. The highest BCUT2D eigenvalue weighted by Crippen LogP contribution is 2.34. The van der Waals surface area contributed by atoms with Crippen molar-refractivity contribution < 1.29 is 14.3 Å². The number of rotatable bonds is 3. The second-order valence-corrected chi connectivity index (χ2v) is 8.37. The number of carbonyl (C=O) groups excluding carboxylic acids is 2. The van der Waals surface area contributed by atoms with Crippen molar-refractivity contribution in [3.05, 3.63) is 34.3 Å². The summed E-state index contributed by atoms with van der Waals surface area (Å²) < 4.78 is 5.46. The van der Waals surface area contributed by atoms with Crippen molar-refractivity contribution in [2.45, 2.75) is 65.0 Å². The third-order valence-electron chi connectivity index (χ3n) is 4.52. The number of amides is 2. The van der Waals surface area contributed by atoms with E-state index >= 15 is 0 Å². The molecule has 0 aliphatic carbocycles. The Morgan fingerprint density at radius 2 is 1.88 bits per heavy atom. The lowest BCUT2D eigenvalue weighted by atomic mass is 9.85. The first-order chi connectivity index (χ1) is 12.1. The van der Waals surface area contributed by atoms with Crippen LogP contribution in [0.15, 0.2) is 18.2 Å². The number of benzene rings is 1. The van der Waals surface area contributed by atoms with Crippen LogP contribution in [0.25, 0.3) is 0 Å². The van der Waals surface area contributed by atoms with Gasteiger partial charge >= 0.3 is 6.09 Å². The van der Waals surface area contributed by atoms with Crippen LogP contribution in [0.4, 0.5) is 4.79 Å². The summed E-state index contributed by atoms with van der Waals surface area (Å²) in [5.41, 5.74) is 1.76. The molecule has 0 saturated carbocycles. The van der Waals surface area contributed by atoms with Crippen molar-refractivity contribution in [3.63, 3.8) is 0 Å². The Bertz CT molecular complexity index is 662. The second kappa shape index (κ2) is 8.30. The highest BCUT2D eigenvalue weighted by molar-refractivity contribution is 6.30. The normalized spacial score (nSPS) is 16.9. The molecule has 1 aliphatic rings. The zero-order valence-electron chi connectivity index (χ0n) is 16.3. The first-order valence-corrected chi connectivity index (χ1v) is 9.49. The Kier molecular flexibility index (Phi) is 6.56. The molecule has 1 fully saturated rings. The van der Waals surface area contributed by atoms with Crippen molar-refractivity contribution >= 4 is 23.6 Å². The van der Waals surface area contributed by atoms with Crippen molar-refractivity contribution in [1.82, 2.24) is 10.2 Å². The molecule has 1 aromatic carbocycles. The van der Waals surface area contributed by atoms with Gasteiger partial charge in [0.05, 0.1) is 6.04 Å². The van der Waals surface area contributed by atoms with Gasteiger partial charge in [0.15, 0.2) is 0 Å². The molecule has 144 valence electrons. The largest absolute Gasteiger partial charge is 0.444 e. The van der Waals surface area contributed by atoms with Gasteiger partial charge in [0.2, 0.25) is 5.91 Å². The molecule has 1 aromatic rings. The minimum atomic E-state index is -0.481. The molecule has 2 rings (SSSR count). The van der Waals surface area contributed by atoms with Crippen LogP contribution in [-0.2, 0) is 9.53 Å². The Morgan fingerprint density at radius 1 is 1.27 bits per heavy atom. The molecule has 0 aromatic heterocycles. The van der Waals surface area contributed by atoms with Gasteiger partial charge in [-0.1, -0.05) is 17.7 Å². The van der Waals surface area contributed by atoms with Crippen LogP contribution in [0.2, 0.25) is 5.02 Å². The molecule has 6 heteroatoms. The van der Waals surface area contributed by atoms with Crippen LogP contribution in [0.3, 0.4) is 0 Å². The van der Waals surface area contributed by atoms with Gasteiger partial charge in [-0.05, 0) is 69.7 Å². The molecular formula is C20H29ClN2O3. The number of ether oxygens (including phenoxy) is 1. The summed E-state index contributed by atoms with van der Waals surface area (Å²) in [6.45, 7) is 10.4. The predicted molar refractivity (Wildman–Crippen MR) is 103 cm³/mol. The van der Waals surface area contributed by atoms with E-state index in [0.29, 0.717) is 24.0 Å². The van der Waals surface area contributed by atoms with Crippen molar-refractivity contribution in [3.8, 4) is 0 Å². The Morgan fingerprint density at radius 3 is 2.42 bits per heavy atom. The molecule has 1 atom stereocenters. The van der Waals surface area contributed by atoms with Gasteiger partial charge in [-0.3, -0.25) is 4.79 Å². The Labute approximate surface area is 161 Å². The standard InChI is InChI=1S/C20H29ClN2O3/c1-13(22-14(2)24)18-12-16(21)6-7-17(18)15-8-10-23(11-9-15)19(25)26-20(3,4)5/h6-7,12-13,15H,8-11H2,1-5H3,(H,22,24). The lowest BCUT2D eigenvalue weighted by molar-refractivity contribution is -0.119. The van der Waals surface area contributed by atoms with E-state index < -0.39 is 5.60 Å². The molecule has 0 spiro atoms. The van der Waals surface area contributed by atoms with Gasteiger partial charge in [-0.15, -0.1) is 0 Å². The number of nitrogens with one attached hydrogen (secondary N) is 1. The van der Waals surface area contributed by atoms with Crippen LogP contribution in [0.5, 0.6) is 0 Å². The quantitative estimate of drug-likeness (QED) is 0.830. The SMILES string of the molecule is CC(=O)NC(C)c1cc(Cl)ccc1C1CCN(C(=O)OC(C)(C)C)CC1. The fraction of sp³-hybridized carbons (Fsp3) is 0.600. The van der Waals surface area contributed by atoms with E-state index in [-0.39, 0.29) is 18.0 Å². The molecule has 5 nitrogen and oxygen atoms in total. The minimum absolute atomic E-state index is 0.0665. The number of hydrogen-bond donors (Lipinski definition) is 1. The van der Waals surface area contributed by atoms with Gasteiger partial charge in [0.25, 0.3) is 0 Å². The number of likely N-dealkylation sites (tertiary alicyclic amines) is 1. The number of nitrogens with zero attached hydrogens (tertiary/aromatic N) is 1.